The molecule has 2 rings (SSSR count). The van der Waals surface area contributed by atoms with Crippen molar-refractivity contribution in [3.8, 4) is 0 Å². The van der Waals surface area contributed by atoms with E-state index in [4.69, 9.17) is 0 Å². The molecule has 0 amide bonds. The van der Waals surface area contributed by atoms with E-state index in [2.05, 4.69) is 35.9 Å². The Morgan fingerprint density at radius 1 is 1.31 bits per heavy atom. The van der Waals surface area contributed by atoms with Gasteiger partial charge in [0.2, 0.25) is 0 Å². The number of nitrogens with zero attached hydrogens (tertiary/aromatic N) is 1. The summed E-state index contributed by atoms with van der Waals surface area (Å²) < 4.78 is 0. The van der Waals surface area contributed by atoms with Gasteiger partial charge in [-0.2, -0.15) is 0 Å². The quantitative estimate of drug-likeness (QED) is 0.827. The number of rotatable bonds is 3. The minimum absolute atomic E-state index is 0.536. The molecule has 0 fully saturated rings. The van der Waals surface area contributed by atoms with Gasteiger partial charge in [0, 0.05) is 12.6 Å². The van der Waals surface area contributed by atoms with Crippen molar-refractivity contribution in [2.75, 3.05) is 0 Å². The SMILES string of the molecule is Cc1cccc(C)c1CC(O)c1c[nH]cn1. The second kappa shape index (κ2) is 4.49. The zero-order chi connectivity index (χ0) is 11.5. The molecule has 1 aromatic carbocycles. The number of nitrogens with one attached hydrogen (secondary N) is 1. The van der Waals surface area contributed by atoms with Crippen LogP contribution in [0.4, 0.5) is 0 Å². The summed E-state index contributed by atoms with van der Waals surface area (Å²) in [5, 5.41) is 10.0. The molecule has 0 aliphatic rings. The summed E-state index contributed by atoms with van der Waals surface area (Å²) in [5.74, 6) is 0. The van der Waals surface area contributed by atoms with Gasteiger partial charge in [-0.3, -0.25) is 0 Å². The number of aliphatic hydroxyl groups excluding tert-OH is 1. The van der Waals surface area contributed by atoms with Crippen molar-refractivity contribution in [2.45, 2.75) is 26.4 Å². The summed E-state index contributed by atoms with van der Waals surface area (Å²) in [5.41, 5.74) is 4.34. The van der Waals surface area contributed by atoms with Crippen molar-refractivity contribution >= 4 is 0 Å². The normalized spacial score (nSPS) is 12.7. The molecular weight excluding hydrogens is 200 g/mol. The minimum atomic E-state index is -0.536. The van der Waals surface area contributed by atoms with E-state index in [-0.39, 0.29) is 0 Å². The van der Waals surface area contributed by atoms with E-state index in [0.29, 0.717) is 12.1 Å². The van der Waals surface area contributed by atoms with Crippen LogP contribution in [0.1, 0.15) is 28.5 Å². The van der Waals surface area contributed by atoms with Crippen molar-refractivity contribution in [3.05, 3.63) is 53.1 Å². The summed E-state index contributed by atoms with van der Waals surface area (Å²) in [7, 11) is 0. The van der Waals surface area contributed by atoms with E-state index >= 15 is 0 Å². The van der Waals surface area contributed by atoms with Crippen LogP contribution in [0, 0.1) is 13.8 Å². The van der Waals surface area contributed by atoms with E-state index in [1.165, 1.54) is 16.7 Å². The zero-order valence-corrected chi connectivity index (χ0v) is 9.57. The summed E-state index contributed by atoms with van der Waals surface area (Å²) >= 11 is 0. The molecule has 1 unspecified atom stereocenters. The van der Waals surface area contributed by atoms with E-state index in [0.717, 1.165) is 0 Å². The van der Waals surface area contributed by atoms with Crippen LogP contribution in [0.5, 0.6) is 0 Å². The van der Waals surface area contributed by atoms with Crippen LogP contribution in [0.3, 0.4) is 0 Å². The average molecular weight is 216 g/mol. The number of aliphatic hydroxyl groups is 1. The highest BCUT2D eigenvalue weighted by atomic mass is 16.3. The summed E-state index contributed by atoms with van der Waals surface area (Å²) in [6, 6.07) is 6.17. The number of aryl methyl sites for hydroxylation is 2. The van der Waals surface area contributed by atoms with Crippen LogP contribution in [0.15, 0.2) is 30.7 Å². The van der Waals surface area contributed by atoms with E-state index in [1.807, 2.05) is 6.07 Å². The number of H-pyrrole nitrogens is 1. The molecular formula is C13H16N2O. The standard InChI is InChI=1S/C13H16N2O/c1-9-4-3-5-10(2)11(9)6-13(16)12-7-14-8-15-12/h3-5,7-8,13,16H,6H2,1-2H3,(H,14,15). The van der Waals surface area contributed by atoms with Crippen molar-refractivity contribution < 1.29 is 5.11 Å². The van der Waals surface area contributed by atoms with E-state index in [9.17, 15) is 5.11 Å². The number of benzene rings is 1. The average Bonchev–Trinajstić information content (AvgIpc) is 2.76. The Kier molecular flexibility index (Phi) is 3.06. The second-order valence-corrected chi connectivity index (χ2v) is 4.08. The van der Waals surface area contributed by atoms with E-state index in [1.54, 1.807) is 12.5 Å². The molecule has 2 aromatic rings. The number of hydrogen-bond acceptors (Lipinski definition) is 2. The first-order valence-corrected chi connectivity index (χ1v) is 5.40. The molecule has 16 heavy (non-hydrogen) atoms. The number of aromatic amines is 1. The number of imidazole rings is 1. The number of hydrogen-bond donors (Lipinski definition) is 2. The highest BCUT2D eigenvalue weighted by Gasteiger charge is 2.13. The summed E-state index contributed by atoms with van der Waals surface area (Å²) in [6.07, 6.45) is 3.40. The van der Waals surface area contributed by atoms with Crippen molar-refractivity contribution in [1.82, 2.24) is 9.97 Å². The Hall–Kier alpha value is -1.61. The molecule has 0 radical (unpaired) electrons. The molecule has 0 aliphatic carbocycles. The first-order chi connectivity index (χ1) is 7.68. The lowest BCUT2D eigenvalue weighted by atomic mass is 9.97. The third-order valence-corrected chi connectivity index (χ3v) is 2.90. The van der Waals surface area contributed by atoms with Crippen LogP contribution in [0.25, 0.3) is 0 Å². The smallest absolute Gasteiger partial charge is 0.102 e. The predicted molar refractivity (Wildman–Crippen MR) is 63.2 cm³/mol. The molecule has 2 N–H and O–H groups in total. The largest absolute Gasteiger partial charge is 0.386 e. The fraction of sp³-hybridized carbons (Fsp3) is 0.308. The summed E-state index contributed by atoms with van der Waals surface area (Å²) in [6.45, 7) is 4.14. The first-order valence-electron chi connectivity index (χ1n) is 5.40. The molecule has 84 valence electrons. The Morgan fingerprint density at radius 2 is 2.00 bits per heavy atom. The third-order valence-electron chi connectivity index (χ3n) is 2.90. The van der Waals surface area contributed by atoms with Gasteiger partial charge >= 0.3 is 0 Å². The maximum atomic E-state index is 10.0. The monoisotopic (exact) mass is 216 g/mol. The maximum absolute atomic E-state index is 10.0. The molecule has 1 heterocycles. The molecule has 3 nitrogen and oxygen atoms in total. The van der Waals surface area contributed by atoms with Crippen molar-refractivity contribution in [3.63, 3.8) is 0 Å². The molecule has 1 atom stereocenters. The molecule has 0 bridgehead atoms. The van der Waals surface area contributed by atoms with Crippen molar-refractivity contribution in [2.24, 2.45) is 0 Å². The lowest BCUT2D eigenvalue weighted by Crippen LogP contribution is -2.05. The highest BCUT2D eigenvalue weighted by Crippen LogP contribution is 2.21. The van der Waals surface area contributed by atoms with Crippen LogP contribution >= 0.6 is 0 Å². The molecule has 3 heteroatoms. The summed E-state index contributed by atoms with van der Waals surface area (Å²) in [4.78, 5) is 6.92. The fourth-order valence-corrected chi connectivity index (χ4v) is 1.92. The Labute approximate surface area is 95.2 Å². The van der Waals surface area contributed by atoms with Gasteiger partial charge < -0.3 is 10.1 Å². The molecule has 0 saturated carbocycles. The maximum Gasteiger partial charge on any atom is 0.102 e. The van der Waals surface area contributed by atoms with Gasteiger partial charge in [0.05, 0.1) is 12.0 Å². The lowest BCUT2D eigenvalue weighted by Gasteiger charge is -2.13. The molecule has 1 aromatic heterocycles. The Balaban J connectivity index is 2.21. The van der Waals surface area contributed by atoms with Gasteiger partial charge in [0.1, 0.15) is 6.10 Å². The molecule has 0 spiro atoms. The Morgan fingerprint density at radius 3 is 2.56 bits per heavy atom. The van der Waals surface area contributed by atoms with E-state index < -0.39 is 6.10 Å². The molecule has 0 saturated heterocycles. The van der Waals surface area contributed by atoms with Crippen molar-refractivity contribution in [1.29, 1.82) is 0 Å². The van der Waals surface area contributed by atoms with Gasteiger partial charge in [-0.1, -0.05) is 18.2 Å². The first kappa shape index (κ1) is 10.9. The van der Waals surface area contributed by atoms with Gasteiger partial charge in [0.15, 0.2) is 0 Å². The second-order valence-electron chi connectivity index (χ2n) is 4.08. The molecule has 0 aliphatic heterocycles. The van der Waals surface area contributed by atoms with Gasteiger partial charge in [0.25, 0.3) is 0 Å². The third kappa shape index (κ3) is 2.14. The zero-order valence-electron chi connectivity index (χ0n) is 9.57. The van der Waals surface area contributed by atoms with Crippen LogP contribution in [-0.2, 0) is 6.42 Å². The van der Waals surface area contributed by atoms with Gasteiger partial charge in [-0.25, -0.2) is 4.98 Å². The fourth-order valence-electron chi connectivity index (χ4n) is 1.92. The highest BCUT2D eigenvalue weighted by molar-refractivity contribution is 5.34. The lowest BCUT2D eigenvalue weighted by molar-refractivity contribution is 0.173. The topological polar surface area (TPSA) is 48.9 Å². The van der Waals surface area contributed by atoms with Crippen LogP contribution in [-0.4, -0.2) is 15.1 Å². The predicted octanol–water partition coefficient (Wildman–Crippen LogP) is 2.30. The van der Waals surface area contributed by atoms with Gasteiger partial charge in [-0.05, 0) is 30.5 Å². The van der Waals surface area contributed by atoms with Gasteiger partial charge in [-0.15, -0.1) is 0 Å². The van der Waals surface area contributed by atoms with Crippen LogP contribution in [0.2, 0.25) is 0 Å². The minimum Gasteiger partial charge on any atom is -0.386 e. The Bertz CT molecular complexity index is 443. The number of aromatic nitrogens is 2. The van der Waals surface area contributed by atoms with Crippen LogP contribution < -0.4 is 0 Å².